The summed E-state index contributed by atoms with van der Waals surface area (Å²) in [5.74, 6) is -0.0435. The fourth-order valence-corrected chi connectivity index (χ4v) is 6.74. The number of esters is 1. The van der Waals surface area contributed by atoms with E-state index in [1.54, 1.807) is 44.9 Å². The van der Waals surface area contributed by atoms with Gasteiger partial charge >= 0.3 is 5.97 Å². The molecule has 0 unspecified atom stereocenters. The maximum Gasteiger partial charge on any atom is 0.338 e. The predicted octanol–water partition coefficient (Wildman–Crippen LogP) is 4.88. The van der Waals surface area contributed by atoms with E-state index in [1.165, 1.54) is 22.3 Å². The van der Waals surface area contributed by atoms with Crippen molar-refractivity contribution in [3.05, 3.63) is 90.6 Å². The van der Waals surface area contributed by atoms with Crippen LogP contribution in [-0.2, 0) is 14.3 Å². The Morgan fingerprint density at radius 2 is 1.74 bits per heavy atom. The summed E-state index contributed by atoms with van der Waals surface area (Å²) in [7, 11) is 1.58. The molecule has 1 atom stereocenters. The topological polar surface area (TPSA) is 90.2 Å². The van der Waals surface area contributed by atoms with Crippen molar-refractivity contribution in [1.29, 1.82) is 0 Å². The summed E-state index contributed by atoms with van der Waals surface area (Å²) in [5.41, 5.74) is 3.09. The van der Waals surface area contributed by atoms with Gasteiger partial charge in [-0.05, 0) is 51.0 Å². The van der Waals surface area contributed by atoms with Gasteiger partial charge in [0.2, 0.25) is 0 Å². The van der Waals surface area contributed by atoms with E-state index in [0.717, 1.165) is 36.9 Å². The number of aromatic nitrogens is 1. The van der Waals surface area contributed by atoms with Crippen molar-refractivity contribution in [3.63, 3.8) is 0 Å². The highest BCUT2D eigenvalue weighted by molar-refractivity contribution is 7.07. The van der Waals surface area contributed by atoms with Crippen molar-refractivity contribution >= 4 is 34.5 Å². The molecule has 2 aliphatic rings. The van der Waals surface area contributed by atoms with Crippen LogP contribution in [0.1, 0.15) is 77.0 Å². The first-order chi connectivity index (χ1) is 20.3. The molecule has 0 bridgehead atoms. The minimum atomic E-state index is -0.769. The standard InChI is InChI=1S/C33H37N3O5S/c1-6-7-8-9-12-19-35-25-14-11-10-13-24(25)27(30(35)37)29-31(38)36-28(22-15-17-23(40-5)18-16-22)26(32(39)41-20(2)3)21(4)34-33(36)42-29/h10-11,13-18,20,28H,6-9,12,19H2,1-5H3/b29-27+/t28-/m0/s1. The molecule has 3 aromatic rings. The average Bonchev–Trinajstić information content (AvgIpc) is 3.43. The lowest BCUT2D eigenvalue weighted by Gasteiger charge is -2.25. The third-order valence-corrected chi connectivity index (χ3v) is 8.68. The molecule has 0 radical (unpaired) electrons. The highest BCUT2D eigenvalue weighted by Crippen LogP contribution is 2.36. The van der Waals surface area contributed by atoms with E-state index >= 15 is 0 Å². The first-order valence-corrected chi connectivity index (χ1v) is 15.4. The number of carbonyl (C=O) groups excluding carboxylic acids is 2. The van der Waals surface area contributed by atoms with E-state index in [-0.39, 0.29) is 17.6 Å². The van der Waals surface area contributed by atoms with Crippen molar-refractivity contribution < 1.29 is 19.1 Å². The molecule has 220 valence electrons. The first-order valence-electron chi connectivity index (χ1n) is 14.6. The third kappa shape index (κ3) is 5.45. The zero-order valence-corrected chi connectivity index (χ0v) is 25.6. The largest absolute Gasteiger partial charge is 0.497 e. The Kier molecular flexibility index (Phi) is 8.77. The summed E-state index contributed by atoms with van der Waals surface area (Å²) >= 11 is 1.19. The lowest BCUT2D eigenvalue weighted by atomic mass is 9.95. The number of unbranched alkanes of at least 4 members (excludes halogenated alkanes) is 4. The number of amides is 1. The van der Waals surface area contributed by atoms with E-state index in [1.807, 2.05) is 36.4 Å². The van der Waals surface area contributed by atoms with Gasteiger partial charge in [0.05, 0.1) is 41.8 Å². The molecule has 0 saturated carbocycles. The summed E-state index contributed by atoms with van der Waals surface area (Å²) < 4.78 is 12.8. The van der Waals surface area contributed by atoms with Crippen LogP contribution in [0.2, 0.25) is 0 Å². The van der Waals surface area contributed by atoms with Crippen molar-refractivity contribution in [2.24, 2.45) is 4.99 Å². The SMILES string of the molecule is CCCCCCCN1C(=O)/C(=c2/sc3n(c2=O)[C@@H](c2ccc(OC)cc2)C(C(=O)OC(C)C)=C(C)N=3)c2ccccc21. The van der Waals surface area contributed by atoms with Crippen LogP contribution in [0, 0.1) is 0 Å². The van der Waals surface area contributed by atoms with Gasteiger partial charge in [0.15, 0.2) is 4.80 Å². The average molecular weight is 588 g/mol. The third-order valence-electron chi connectivity index (χ3n) is 7.63. The maximum atomic E-state index is 14.3. The summed E-state index contributed by atoms with van der Waals surface area (Å²) in [6, 6.07) is 14.1. The predicted molar refractivity (Wildman–Crippen MR) is 164 cm³/mol. The maximum absolute atomic E-state index is 14.3. The Labute approximate surface area is 249 Å². The molecule has 3 heterocycles. The fourth-order valence-electron chi connectivity index (χ4n) is 5.61. The number of para-hydroxylation sites is 1. The van der Waals surface area contributed by atoms with Crippen molar-refractivity contribution in [2.45, 2.75) is 71.9 Å². The molecule has 0 N–H and O–H groups in total. The van der Waals surface area contributed by atoms with Gasteiger partial charge in [0, 0.05) is 12.1 Å². The number of methoxy groups -OCH3 is 1. The number of benzene rings is 2. The van der Waals surface area contributed by atoms with Crippen LogP contribution in [-0.4, -0.2) is 36.2 Å². The van der Waals surface area contributed by atoms with Crippen LogP contribution < -0.4 is 24.5 Å². The van der Waals surface area contributed by atoms with Gasteiger partial charge in [-0.25, -0.2) is 9.79 Å². The van der Waals surface area contributed by atoms with Gasteiger partial charge in [-0.3, -0.25) is 14.2 Å². The highest BCUT2D eigenvalue weighted by atomic mass is 32.1. The lowest BCUT2D eigenvalue weighted by Crippen LogP contribution is -2.41. The zero-order valence-electron chi connectivity index (χ0n) is 24.8. The summed E-state index contributed by atoms with van der Waals surface area (Å²) in [6.07, 6.45) is 5.07. The Morgan fingerprint density at radius 1 is 1.02 bits per heavy atom. The number of nitrogens with zero attached hydrogens (tertiary/aromatic N) is 3. The van der Waals surface area contributed by atoms with Gasteiger partial charge in [0.1, 0.15) is 10.3 Å². The molecule has 8 nitrogen and oxygen atoms in total. The second kappa shape index (κ2) is 12.5. The van der Waals surface area contributed by atoms with E-state index < -0.39 is 12.0 Å². The molecule has 2 aliphatic heterocycles. The van der Waals surface area contributed by atoms with Crippen LogP contribution in [0.25, 0.3) is 5.57 Å². The Balaban J connectivity index is 1.67. The van der Waals surface area contributed by atoms with Crippen LogP contribution in [0.3, 0.4) is 0 Å². The number of rotatable bonds is 10. The number of hydrogen-bond donors (Lipinski definition) is 0. The summed E-state index contributed by atoms with van der Waals surface area (Å²) in [4.78, 5) is 48.6. The number of allylic oxidation sites excluding steroid dienone is 1. The number of carbonyl (C=O) groups is 2. The van der Waals surface area contributed by atoms with Crippen molar-refractivity contribution in [2.75, 3.05) is 18.6 Å². The molecule has 9 heteroatoms. The molecule has 1 aromatic heterocycles. The molecular weight excluding hydrogens is 550 g/mol. The van der Waals surface area contributed by atoms with E-state index in [4.69, 9.17) is 14.5 Å². The molecule has 0 aliphatic carbocycles. The number of fused-ring (bicyclic) bond motifs is 2. The van der Waals surface area contributed by atoms with Gasteiger partial charge in [-0.1, -0.05) is 74.3 Å². The smallest absolute Gasteiger partial charge is 0.338 e. The molecule has 2 aromatic carbocycles. The summed E-state index contributed by atoms with van der Waals surface area (Å²) in [5, 5.41) is 0. The molecule has 42 heavy (non-hydrogen) atoms. The van der Waals surface area contributed by atoms with E-state index in [9.17, 15) is 14.4 Å². The molecule has 0 fully saturated rings. The van der Waals surface area contributed by atoms with Crippen LogP contribution in [0.4, 0.5) is 5.69 Å². The highest BCUT2D eigenvalue weighted by Gasteiger charge is 2.37. The lowest BCUT2D eigenvalue weighted by molar-refractivity contribution is -0.143. The first kappa shape index (κ1) is 29.5. The molecule has 0 saturated heterocycles. The minimum Gasteiger partial charge on any atom is -0.497 e. The molecule has 0 spiro atoms. The monoisotopic (exact) mass is 587 g/mol. The Hall–Kier alpha value is -3.98. The second-order valence-electron chi connectivity index (χ2n) is 10.9. The summed E-state index contributed by atoms with van der Waals surface area (Å²) in [6.45, 7) is 8.10. The van der Waals surface area contributed by atoms with E-state index in [0.29, 0.717) is 44.0 Å². The van der Waals surface area contributed by atoms with Gasteiger partial charge < -0.3 is 14.4 Å². The number of thiazole rings is 1. The number of anilines is 1. The number of ether oxygens (including phenoxy) is 2. The Bertz CT molecular complexity index is 1720. The normalized spacial score (nSPS) is 17.3. The number of hydrogen-bond acceptors (Lipinski definition) is 7. The minimum absolute atomic E-state index is 0.173. The van der Waals surface area contributed by atoms with Crippen LogP contribution in [0.5, 0.6) is 5.75 Å². The molecule has 5 rings (SSSR count). The van der Waals surface area contributed by atoms with E-state index in [2.05, 4.69) is 6.92 Å². The quantitative estimate of drug-likeness (QED) is 0.249. The second-order valence-corrected chi connectivity index (χ2v) is 11.9. The van der Waals surface area contributed by atoms with Gasteiger partial charge in [0.25, 0.3) is 11.5 Å². The van der Waals surface area contributed by atoms with Crippen molar-refractivity contribution in [1.82, 2.24) is 4.57 Å². The van der Waals surface area contributed by atoms with Crippen LogP contribution in [0.15, 0.2) is 69.6 Å². The Morgan fingerprint density at radius 3 is 2.43 bits per heavy atom. The van der Waals surface area contributed by atoms with Gasteiger partial charge in [-0.2, -0.15) is 0 Å². The molecular formula is C33H37N3O5S. The van der Waals surface area contributed by atoms with Gasteiger partial charge in [-0.15, -0.1) is 0 Å². The van der Waals surface area contributed by atoms with Crippen molar-refractivity contribution in [3.8, 4) is 5.75 Å². The zero-order chi connectivity index (χ0) is 30.0. The van der Waals surface area contributed by atoms with Crippen LogP contribution >= 0.6 is 11.3 Å². The molecule has 1 amide bonds. The fraction of sp³-hybridized carbons (Fsp3) is 0.394.